The Bertz CT molecular complexity index is 329. The van der Waals surface area contributed by atoms with Gasteiger partial charge in [-0.05, 0) is 12.8 Å². The Balaban J connectivity index is 2.24. The van der Waals surface area contributed by atoms with Gasteiger partial charge in [0.1, 0.15) is 5.69 Å². The first kappa shape index (κ1) is 9.18. The highest BCUT2D eigenvalue weighted by Crippen LogP contribution is 2.33. The molecule has 0 atom stereocenters. The maximum atomic E-state index is 11.3. The number of nitrogens with zero attached hydrogens (tertiary/aromatic N) is 2. The molecule has 1 aromatic heterocycles. The second-order valence-electron chi connectivity index (χ2n) is 3.53. The molecule has 1 N–H and O–H groups in total. The van der Waals surface area contributed by atoms with Gasteiger partial charge in [0, 0.05) is 5.92 Å². The van der Waals surface area contributed by atoms with Gasteiger partial charge < -0.3 is 4.74 Å². The normalized spacial score (nSPS) is 17.2. The number of esters is 1. The number of aromatic nitrogens is 3. The van der Waals surface area contributed by atoms with Gasteiger partial charge in [-0.25, -0.2) is 4.79 Å². The van der Waals surface area contributed by atoms with Crippen molar-refractivity contribution in [1.82, 2.24) is 15.4 Å². The van der Waals surface area contributed by atoms with Crippen molar-refractivity contribution in [1.29, 1.82) is 0 Å². The Kier molecular flexibility index (Phi) is 2.47. The Hall–Kier alpha value is -1.39. The Morgan fingerprint density at radius 1 is 1.43 bits per heavy atom. The zero-order valence-electron chi connectivity index (χ0n) is 8.12. The number of carbonyl (C=O) groups is 1. The van der Waals surface area contributed by atoms with Gasteiger partial charge in [0.15, 0.2) is 5.69 Å². The van der Waals surface area contributed by atoms with E-state index in [1.807, 2.05) is 0 Å². The average molecular weight is 195 g/mol. The van der Waals surface area contributed by atoms with E-state index < -0.39 is 5.97 Å². The molecule has 1 saturated carbocycles. The van der Waals surface area contributed by atoms with Crippen LogP contribution in [-0.4, -0.2) is 28.5 Å². The molecule has 2 rings (SSSR count). The quantitative estimate of drug-likeness (QED) is 0.721. The molecule has 1 heterocycles. The van der Waals surface area contributed by atoms with Crippen molar-refractivity contribution in [3.63, 3.8) is 0 Å². The molecule has 1 fully saturated rings. The predicted molar refractivity (Wildman–Crippen MR) is 48.9 cm³/mol. The summed E-state index contributed by atoms with van der Waals surface area (Å²) < 4.78 is 4.63. The van der Waals surface area contributed by atoms with Crippen LogP contribution in [0.25, 0.3) is 0 Å². The number of aromatic amines is 1. The zero-order valence-corrected chi connectivity index (χ0v) is 8.12. The SMILES string of the molecule is COC(=O)c1n[nH]nc1C1CCCC1. The maximum Gasteiger partial charge on any atom is 0.360 e. The summed E-state index contributed by atoms with van der Waals surface area (Å²) in [6, 6.07) is 0. The number of nitrogens with one attached hydrogen (secondary N) is 1. The number of ether oxygens (including phenoxy) is 1. The van der Waals surface area contributed by atoms with E-state index in [1.54, 1.807) is 0 Å². The van der Waals surface area contributed by atoms with Crippen molar-refractivity contribution in [3.8, 4) is 0 Å². The number of rotatable bonds is 2. The van der Waals surface area contributed by atoms with E-state index in [9.17, 15) is 4.79 Å². The topological polar surface area (TPSA) is 67.9 Å². The lowest BCUT2D eigenvalue weighted by Crippen LogP contribution is -2.07. The molecule has 1 aliphatic carbocycles. The van der Waals surface area contributed by atoms with Crippen molar-refractivity contribution < 1.29 is 9.53 Å². The van der Waals surface area contributed by atoms with Gasteiger partial charge in [0.05, 0.1) is 7.11 Å². The molecule has 0 amide bonds. The van der Waals surface area contributed by atoms with Crippen LogP contribution in [0.1, 0.15) is 47.8 Å². The molecule has 5 nitrogen and oxygen atoms in total. The highest BCUT2D eigenvalue weighted by atomic mass is 16.5. The van der Waals surface area contributed by atoms with Crippen LogP contribution in [0.5, 0.6) is 0 Å². The molecule has 0 aliphatic heterocycles. The van der Waals surface area contributed by atoms with Gasteiger partial charge >= 0.3 is 5.97 Å². The molecular formula is C9H13N3O2. The molecule has 0 unspecified atom stereocenters. The molecule has 5 heteroatoms. The van der Waals surface area contributed by atoms with E-state index in [0.29, 0.717) is 11.6 Å². The summed E-state index contributed by atoms with van der Waals surface area (Å²) in [5.74, 6) is -0.0245. The fourth-order valence-corrected chi connectivity index (χ4v) is 1.97. The summed E-state index contributed by atoms with van der Waals surface area (Å²) in [7, 11) is 1.36. The molecule has 0 radical (unpaired) electrons. The number of hydrogen-bond donors (Lipinski definition) is 1. The van der Waals surface area contributed by atoms with E-state index in [0.717, 1.165) is 18.5 Å². The first-order valence-corrected chi connectivity index (χ1v) is 4.82. The lowest BCUT2D eigenvalue weighted by atomic mass is 10.0. The van der Waals surface area contributed by atoms with Crippen LogP contribution in [0.2, 0.25) is 0 Å². The summed E-state index contributed by atoms with van der Waals surface area (Å²) in [4.78, 5) is 11.3. The van der Waals surface area contributed by atoms with Gasteiger partial charge in [-0.2, -0.15) is 10.3 Å². The molecule has 76 valence electrons. The number of carbonyl (C=O) groups excluding carboxylic acids is 1. The standard InChI is InChI=1S/C9H13N3O2/c1-14-9(13)8-7(10-12-11-8)6-4-2-3-5-6/h6H,2-5H2,1H3,(H,10,11,12). The summed E-state index contributed by atoms with van der Waals surface area (Å²) in [6.07, 6.45) is 4.60. The van der Waals surface area contributed by atoms with E-state index >= 15 is 0 Å². The summed E-state index contributed by atoms with van der Waals surface area (Å²) >= 11 is 0. The van der Waals surface area contributed by atoms with Crippen molar-refractivity contribution in [2.45, 2.75) is 31.6 Å². The minimum absolute atomic E-state index is 0.347. The van der Waals surface area contributed by atoms with E-state index in [4.69, 9.17) is 0 Å². The van der Waals surface area contributed by atoms with E-state index in [1.165, 1.54) is 20.0 Å². The van der Waals surface area contributed by atoms with Crippen molar-refractivity contribution in [2.24, 2.45) is 0 Å². The van der Waals surface area contributed by atoms with Crippen molar-refractivity contribution >= 4 is 5.97 Å². The van der Waals surface area contributed by atoms with Gasteiger partial charge in [0.25, 0.3) is 0 Å². The molecular weight excluding hydrogens is 182 g/mol. The van der Waals surface area contributed by atoms with E-state index in [-0.39, 0.29) is 0 Å². The fourth-order valence-electron chi connectivity index (χ4n) is 1.97. The fraction of sp³-hybridized carbons (Fsp3) is 0.667. The lowest BCUT2D eigenvalue weighted by molar-refractivity contribution is 0.0592. The smallest absolute Gasteiger partial charge is 0.360 e. The molecule has 0 aromatic carbocycles. The first-order chi connectivity index (χ1) is 6.83. The summed E-state index contributed by atoms with van der Waals surface area (Å²) in [5, 5.41) is 10.3. The molecule has 0 bridgehead atoms. The Morgan fingerprint density at radius 3 is 2.79 bits per heavy atom. The molecule has 1 aliphatic rings. The van der Waals surface area contributed by atoms with Gasteiger partial charge in [-0.3, -0.25) is 0 Å². The summed E-state index contributed by atoms with van der Waals surface area (Å²) in [5.41, 5.74) is 1.12. The molecule has 14 heavy (non-hydrogen) atoms. The van der Waals surface area contributed by atoms with Gasteiger partial charge in [-0.1, -0.05) is 12.8 Å². The molecule has 1 aromatic rings. The van der Waals surface area contributed by atoms with Crippen LogP contribution in [-0.2, 0) is 4.74 Å². The Labute approximate surface area is 81.8 Å². The van der Waals surface area contributed by atoms with Crippen molar-refractivity contribution in [3.05, 3.63) is 11.4 Å². The van der Waals surface area contributed by atoms with E-state index in [2.05, 4.69) is 20.1 Å². The predicted octanol–water partition coefficient (Wildman–Crippen LogP) is 1.25. The monoisotopic (exact) mass is 195 g/mol. The third-order valence-electron chi connectivity index (χ3n) is 2.70. The Morgan fingerprint density at radius 2 is 2.14 bits per heavy atom. The van der Waals surface area contributed by atoms with Crippen LogP contribution >= 0.6 is 0 Å². The first-order valence-electron chi connectivity index (χ1n) is 4.82. The maximum absolute atomic E-state index is 11.3. The minimum atomic E-state index is -0.402. The largest absolute Gasteiger partial charge is 0.464 e. The van der Waals surface area contributed by atoms with Crippen LogP contribution < -0.4 is 0 Å². The third kappa shape index (κ3) is 1.49. The minimum Gasteiger partial charge on any atom is -0.464 e. The highest BCUT2D eigenvalue weighted by molar-refractivity contribution is 5.88. The van der Waals surface area contributed by atoms with Crippen LogP contribution in [0, 0.1) is 0 Å². The van der Waals surface area contributed by atoms with Crippen LogP contribution in [0.15, 0.2) is 0 Å². The second-order valence-corrected chi connectivity index (χ2v) is 3.53. The number of H-pyrrole nitrogens is 1. The molecule has 0 spiro atoms. The number of hydrogen-bond acceptors (Lipinski definition) is 4. The zero-order chi connectivity index (χ0) is 9.97. The second kappa shape index (κ2) is 3.77. The highest BCUT2D eigenvalue weighted by Gasteiger charge is 2.26. The summed E-state index contributed by atoms with van der Waals surface area (Å²) in [6.45, 7) is 0. The van der Waals surface area contributed by atoms with Crippen molar-refractivity contribution in [2.75, 3.05) is 7.11 Å². The lowest BCUT2D eigenvalue weighted by Gasteiger charge is -2.05. The average Bonchev–Trinajstić information content (AvgIpc) is 2.85. The van der Waals surface area contributed by atoms with Crippen LogP contribution in [0.3, 0.4) is 0 Å². The van der Waals surface area contributed by atoms with Crippen LogP contribution in [0.4, 0.5) is 0 Å². The van der Waals surface area contributed by atoms with Gasteiger partial charge in [0.2, 0.25) is 0 Å². The molecule has 0 saturated heterocycles. The third-order valence-corrected chi connectivity index (χ3v) is 2.70. The number of methoxy groups -OCH3 is 1. The van der Waals surface area contributed by atoms with Gasteiger partial charge in [-0.15, -0.1) is 5.10 Å².